The van der Waals surface area contributed by atoms with E-state index >= 15 is 0 Å². The van der Waals surface area contributed by atoms with Crippen LogP contribution >= 0.6 is 23.2 Å². The fourth-order valence-electron chi connectivity index (χ4n) is 3.19. The maximum atomic E-state index is 13.4. The molecule has 0 heterocycles. The second kappa shape index (κ2) is 12.2. The number of carbonyl (C=O) groups is 2. The molecular formula is C22H26Cl2N4O6S. The maximum absolute atomic E-state index is 13.4. The number of hydrogen-bond donors (Lipinski definition) is 1. The molecule has 35 heavy (non-hydrogen) atoms. The summed E-state index contributed by atoms with van der Waals surface area (Å²) < 4.78 is 25.8. The molecule has 0 saturated heterocycles. The van der Waals surface area contributed by atoms with Crippen molar-refractivity contribution < 1.29 is 22.9 Å². The van der Waals surface area contributed by atoms with Gasteiger partial charge in [-0.05, 0) is 37.1 Å². The second-order valence-corrected chi connectivity index (χ2v) is 10.5. The highest BCUT2D eigenvalue weighted by atomic mass is 35.5. The lowest BCUT2D eigenvalue weighted by atomic mass is 10.1. The highest BCUT2D eigenvalue weighted by Gasteiger charge is 2.30. The monoisotopic (exact) mass is 544 g/mol. The molecule has 0 aliphatic carbocycles. The molecule has 1 unspecified atom stereocenters. The molecule has 0 radical (unpaired) electrons. The number of benzene rings is 2. The first-order valence-electron chi connectivity index (χ1n) is 10.6. The number of nitrogens with one attached hydrogen (secondary N) is 1. The van der Waals surface area contributed by atoms with Crippen molar-refractivity contribution in [3.8, 4) is 0 Å². The summed E-state index contributed by atoms with van der Waals surface area (Å²) in [5, 5.41) is 14.5. The Bertz CT molecular complexity index is 1210. The summed E-state index contributed by atoms with van der Waals surface area (Å²) in [6.07, 6.45) is 1.57. The lowest BCUT2D eigenvalue weighted by molar-refractivity contribution is -0.384. The lowest BCUT2D eigenvalue weighted by Crippen LogP contribution is -2.51. The van der Waals surface area contributed by atoms with Crippen LogP contribution in [0.4, 0.5) is 11.4 Å². The molecule has 13 heteroatoms. The Kier molecular flexibility index (Phi) is 9.87. The number of rotatable bonds is 11. The molecule has 0 aliphatic rings. The van der Waals surface area contributed by atoms with Crippen LogP contribution in [0.5, 0.6) is 0 Å². The smallest absolute Gasteiger partial charge is 0.271 e. The average molecular weight is 545 g/mol. The number of sulfonamides is 1. The summed E-state index contributed by atoms with van der Waals surface area (Å²) in [4.78, 5) is 37.8. The van der Waals surface area contributed by atoms with Crippen LogP contribution in [0.15, 0.2) is 42.5 Å². The van der Waals surface area contributed by atoms with Crippen LogP contribution in [0.2, 0.25) is 10.0 Å². The van der Waals surface area contributed by atoms with Gasteiger partial charge in [-0.1, -0.05) is 42.3 Å². The van der Waals surface area contributed by atoms with Gasteiger partial charge in [-0.25, -0.2) is 8.42 Å². The second-order valence-electron chi connectivity index (χ2n) is 7.77. The molecule has 10 nitrogen and oxygen atoms in total. The first-order chi connectivity index (χ1) is 16.3. The summed E-state index contributed by atoms with van der Waals surface area (Å²) in [7, 11) is -4.02. The summed E-state index contributed by atoms with van der Waals surface area (Å²) in [5.74, 6) is -1.13. The van der Waals surface area contributed by atoms with Gasteiger partial charge < -0.3 is 10.2 Å². The van der Waals surface area contributed by atoms with Crippen LogP contribution in [-0.2, 0) is 26.2 Å². The zero-order valence-corrected chi connectivity index (χ0v) is 21.7. The van der Waals surface area contributed by atoms with Crippen LogP contribution in [0, 0.1) is 10.1 Å². The number of halogens is 2. The fraction of sp³-hybridized carbons (Fsp3) is 0.364. The number of nitro groups is 1. The summed E-state index contributed by atoms with van der Waals surface area (Å²) >= 11 is 12.2. The molecule has 0 spiro atoms. The van der Waals surface area contributed by atoms with Crippen molar-refractivity contribution in [1.82, 2.24) is 10.2 Å². The molecule has 0 aromatic heterocycles. The van der Waals surface area contributed by atoms with E-state index in [0.717, 1.165) is 16.6 Å². The van der Waals surface area contributed by atoms with E-state index < -0.39 is 39.3 Å². The molecule has 2 amide bonds. The minimum Gasteiger partial charge on any atom is -0.354 e. The maximum Gasteiger partial charge on any atom is 0.271 e. The van der Waals surface area contributed by atoms with Crippen molar-refractivity contribution >= 4 is 56.4 Å². The van der Waals surface area contributed by atoms with Gasteiger partial charge in [0.15, 0.2) is 0 Å². The van der Waals surface area contributed by atoms with Crippen LogP contribution < -0.4 is 9.62 Å². The van der Waals surface area contributed by atoms with Gasteiger partial charge in [0, 0.05) is 35.3 Å². The van der Waals surface area contributed by atoms with Gasteiger partial charge in [0.25, 0.3) is 5.69 Å². The Balaban J connectivity index is 2.44. The number of anilines is 1. The minimum atomic E-state index is -4.02. The molecule has 1 N–H and O–H groups in total. The van der Waals surface area contributed by atoms with Crippen molar-refractivity contribution in [3.05, 3.63) is 68.2 Å². The summed E-state index contributed by atoms with van der Waals surface area (Å²) in [6.45, 7) is 3.02. The Morgan fingerprint density at radius 1 is 1.17 bits per heavy atom. The Labute approximate surface area is 214 Å². The van der Waals surface area contributed by atoms with Gasteiger partial charge in [0.1, 0.15) is 12.6 Å². The molecule has 0 bridgehead atoms. The van der Waals surface area contributed by atoms with Crippen molar-refractivity contribution in [1.29, 1.82) is 0 Å². The van der Waals surface area contributed by atoms with Crippen molar-refractivity contribution in [2.75, 3.05) is 23.7 Å². The number of hydrogen-bond acceptors (Lipinski definition) is 6. The number of non-ortho nitro benzene ring substituents is 1. The van der Waals surface area contributed by atoms with Gasteiger partial charge in [0.2, 0.25) is 21.8 Å². The van der Waals surface area contributed by atoms with Gasteiger partial charge >= 0.3 is 0 Å². The summed E-state index contributed by atoms with van der Waals surface area (Å²) in [5.41, 5.74) is 0.115. The molecule has 0 fully saturated rings. The minimum absolute atomic E-state index is 0.0531. The van der Waals surface area contributed by atoms with Gasteiger partial charge in [-0.15, -0.1) is 0 Å². The van der Waals surface area contributed by atoms with E-state index in [1.54, 1.807) is 12.1 Å². The predicted molar refractivity (Wildman–Crippen MR) is 135 cm³/mol. The topological polar surface area (TPSA) is 130 Å². The van der Waals surface area contributed by atoms with Crippen LogP contribution in [0.25, 0.3) is 0 Å². The summed E-state index contributed by atoms with van der Waals surface area (Å²) in [6, 6.07) is 8.66. The van der Waals surface area contributed by atoms with Crippen LogP contribution in [0.1, 0.15) is 25.8 Å². The van der Waals surface area contributed by atoms with Crippen LogP contribution in [-0.4, -0.2) is 55.4 Å². The number of amides is 2. The van der Waals surface area contributed by atoms with E-state index in [1.165, 1.54) is 36.1 Å². The third-order valence-electron chi connectivity index (χ3n) is 5.08. The molecule has 0 aliphatic heterocycles. The van der Waals surface area contributed by atoms with Crippen molar-refractivity contribution in [3.63, 3.8) is 0 Å². The third-order valence-corrected chi connectivity index (χ3v) is 6.81. The van der Waals surface area contributed by atoms with E-state index in [0.29, 0.717) is 23.6 Å². The predicted octanol–water partition coefficient (Wildman–Crippen LogP) is 3.61. The standard InChI is InChI=1S/C22H26Cl2N4O6S/c1-4-10-25-22(30)15(2)26(13-16-8-9-17(23)11-20(16)24)21(29)14-27(35(3,33)34)18-6-5-7-19(12-18)28(31)32/h5-9,11-12,15H,4,10,13-14H2,1-3H3,(H,25,30). The quantitative estimate of drug-likeness (QED) is 0.339. The number of nitrogens with zero attached hydrogens (tertiary/aromatic N) is 3. The number of carbonyl (C=O) groups excluding carboxylic acids is 2. The molecular weight excluding hydrogens is 519 g/mol. The molecule has 0 saturated carbocycles. The normalized spacial score (nSPS) is 12.0. The van der Waals surface area contributed by atoms with Crippen LogP contribution in [0.3, 0.4) is 0 Å². The third kappa shape index (κ3) is 7.81. The van der Waals surface area contributed by atoms with Crippen molar-refractivity contribution in [2.45, 2.75) is 32.9 Å². The number of nitro benzene ring substituents is 1. The van der Waals surface area contributed by atoms with Gasteiger partial charge in [0.05, 0.1) is 16.9 Å². The van der Waals surface area contributed by atoms with E-state index in [9.17, 15) is 28.1 Å². The van der Waals surface area contributed by atoms with E-state index in [2.05, 4.69) is 5.32 Å². The van der Waals surface area contributed by atoms with E-state index in [1.807, 2.05) is 6.92 Å². The molecule has 190 valence electrons. The van der Waals surface area contributed by atoms with E-state index in [-0.39, 0.29) is 22.9 Å². The molecule has 2 rings (SSSR count). The van der Waals surface area contributed by atoms with Gasteiger partial charge in [-0.3, -0.25) is 24.0 Å². The zero-order chi connectivity index (χ0) is 26.3. The highest BCUT2D eigenvalue weighted by molar-refractivity contribution is 7.92. The Morgan fingerprint density at radius 2 is 1.86 bits per heavy atom. The molecule has 2 aromatic carbocycles. The first kappa shape index (κ1) is 28.3. The van der Waals surface area contributed by atoms with Crippen molar-refractivity contribution in [2.24, 2.45) is 0 Å². The lowest BCUT2D eigenvalue weighted by Gasteiger charge is -2.31. The zero-order valence-electron chi connectivity index (χ0n) is 19.4. The first-order valence-corrected chi connectivity index (χ1v) is 13.2. The fourth-order valence-corrected chi connectivity index (χ4v) is 4.50. The molecule has 1 atom stereocenters. The SMILES string of the molecule is CCCNC(=O)C(C)N(Cc1ccc(Cl)cc1Cl)C(=O)CN(c1cccc([N+](=O)[O-])c1)S(C)(=O)=O. The van der Waals surface area contributed by atoms with Gasteiger partial charge in [-0.2, -0.15) is 0 Å². The Morgan fingerprint density at radius 3 is 2.43 bits per heavy atom. The average Bonchev–Trinajstić information content (AvgIpc) is 2.79. The molecule has 2 aromatic rings. The largest absolute Gasteiger partial charge is 0.354 e. The highest BCUT2D eigenvalue weighted by Crippen LogP contribution is 2.25. The van der Waals surface area contributed by atoms with E-state index in [4.69, 9.17) is 23.2 Å². The Hall–Kier alpha value is -2.89.